The second-order valence-corrected chi connectivity index (χ2v) is 3.76. The van der Waals surface area contributed by atoms with Crippen molar-refractivity contribution in [1.82, 2.24) is 10.2 Å². The van der Waals surface area contributed by atoms with Gasteiger partial charge in [-0.2, -0.15) is 0 Å². The van der Waals surface area contributed by atoms with E-state index in [4.69, 9.17) is 10.5 Å². The van der Waals surface area contributed by atoms with Crippen LogP contribution in [0.5, 0.6) is 0 Å². The third-order valence-electron chi connectivity index (χ3n) is 2.62. The van der Waals surface area contributed by atoms with E-state index < -0.39 is 0 Å². The molecule has 1 atom stereocenters. The quantitative estimate of drug-likeness (QED) is 0.789. The maximum atomic E-state index is 5.52. The van der Waals surface area contributed by atoms with Gasteiger partial charge in [-0.3, -0.25) is 0 Å². The van der Waals surface area contributed by atoms with Crippen LogP contribution in [0.25, 0.3) is 0 Å². The van der Waals surface area contributed by atoms with Gasteiger partial charge in [0.05, 0.1) is 6.61 Å². The molecule has 0 radical (unpaired) electrons. The van der Waals surface area contributed by atoms with Crippen LogP contribution in [0.3, 0.4) is 0 Å². The number of methoxy groups -OCH3 is 1. The molecule has 0 spiro atoms. The molecule has 0 aromatic carbocycles. The molecule has 0 aliphatic heterocycles. The molecular weight excluding hydrogens is 204 g/mol. The summed E-state index contributed by atoms with van der Waals surface area (Å²) in [6.07, 6.45) is 1.05. The molecule has 0 saturated heterocycles. The van der Waals surface area contributed by atoms with Crippen LogP contribution in [-0.4, -0.2) is 36.5 Å². The first kappa shape index (κ1) is 12.7. The summed E-state index contributed by atoms with van der Waals surface area (Å²) >= 11 is 0. The lowest BCUT2D eigenvalue weighted by atomic mass is 10.2. The summed E-state index contributed by atoms with van der Waals surface area (Å²) in [4.78, 5) is 2.18. The largest absolute Gasteiger partial charge is 0.383 e. The van der Waals surface area contributed by atoms with Gasteiger partial charge in [0.25, 0.3) is 0 Å². The zero-order chi connectivity index (χ0) is 12.0. The lowest BCUT2D eigenvalue weighted by Crippen LogP contribution is -2.36. The van der Waals surface area contributed by atoms with Crippen LogP contribution in [0, 0.1) is 0 Å². The monoisotopic (exact) mass is 224 g/mol. The number of aromatic nitrogens is 2. The molecule has 16 heavy (non-hydrogen) atoms. The number of hydrogen-bond donors (Lipinski definition) is 1. The Bertz CT molecular complexity index is 301. The fourth-order valence-corrected chi connectivity index (χ4v) is 1.46. The number of rotatable bonds is 6. The number of ether oxygens (including phenoxy) is 1. The minimum Gasteiger partial charge on any atom is -0.383 e. The van der Waals surface area contributed by atoms with Crippen LogP contribution in [-0.2, 0) is 4.74 Å². The molecule has 5 nitrogen and oxygen atoms in total. The lowest BCUT2D eigenvalue weighted by Gasteiger charge is -2.28. The van der Waals surface area contributed by atoms with Crippen molar-refractivity contribution in [3.63, 3.8) is 0 Å². The number of nitrogens with two attached hydrogens (primary N) is 1. The lowest BCUT2D eigenvalue weighted by molar-refractivity contribution is 0.203. The van der Waals surface area contributed by atoms with Gasteiger partial charge in [-0.1, -0.05) is 6.92 Å². The van der Waals surface area contributed by atoms with Crippen molar-refractivity contribution in [2.45, 2.75) is 26.3 Å². The molecule has 1 aromatic heterocycles. The van der Waals surface area contributed by atoms with E-state index in [1.54, 1.807) is 13.2 Å². The molecular formula is C11H20N4O. The van der Waals surface area contributed by atoms with Crippen LogP contribution in [0.2, 0.25) is 0 Å². The van der Waals surface area contributed by atoms with Crippen molar-refractivity contribution in [3.8, 4) is 0 Å². The average molecular weight is 224 g/mol. The summed E-state index contributed by atoms with van der Waals surface area (Å²) < 4.78 is 5.10. The summed E-state index contributed by atoms with van der Waals surface area (Å²) in [5.74, 6) is 1.29. The summed E-state index contributed by atoms with van der Waals surface area (Å²) in [6.45, 7) is 5.80. The Kier molecular flexibility index (Phi) is 4.98. The highest BCUT2D eigenvalue weighted by molar-refractivity contribution is 5.42. The van der Waals surface area contributed by atoms with Crippen molar-refractivity contribution in [2.24, 2.45) is 0 Å². The van der Waals surface area contributed by atoms with E-state index in [0.29, 0.717) is 18.5 Å². The van der Waals surface area contributed by atoms with Gasteiger partial charge < -0.3 is 15.4 Å². The number of hydrogen-bond acceptors (Lipinski definition) is 5. The molecule has 1 heterocycles. The zero-order valence-electron chi connectivity index (χ0n) is 10.2. The molecule has 0 bridgehead atoms. The van der Waals surface area contributed by atoms with E-state index in [1.165, 1.54) is 0 Å². The van der Waals surface area contributed by atoms with Crippen molar-refractivity contribution in [3.05, 3.63) is 12.1 Å². The Balaban J connectivity index is 2.78. The highest BCUT2D eigenvalue weighted by Gasteiger charge is 2.14. The van der Waals surface area contributed by atoms with E-state index in [2.05, 4.69) is 28.9 Å². The maximum absolute atomic E-state index is 5.52. The first-order chi connectivity index (χ1) is 7.69. The molecule has 0 aliphatic rings. The van der Waals surface area contributed by atoms with Gasteiger partial charge in [-0.25, -0.2) is 0 Å². The van der Waals surface area contributed by atoms with Crippen LogP contribution in [0.15, 0.2) is 12.1 Å². The fraction of sp³-hybridized carbons (Fsp3) is 0.636. The normalized spacial score (nSPS) is 12.4. The van der Waals surface area contributed by atoms with Gasteiger partial charge in [-0.05, 0) is 25.5 Å². The van der Waals surface area contributed by atoms with Gasteiger partial charge in [0.15, 0.2) is 5.82 Å². The Hall–Kier alpha value is -1.36. The van der Waals surface area contributed by atoms with Crippen molar-refractivity contribution >= 4 is 11.6 Å². The number of nitrogen functional groups attached to an aromatic ring is 1. The van der Waals surface area contributed by atoms with Crippen LogP contribution in [0.4, 0.5) is 11.6 Å². The maximum Gasteiger partial charge on any atom is 0.151 e. The average Bonchev–Trinajstić information content (AvgIpc) is 2.31. The molecule has 5 heteroatoms. The van der Waals surface area contributed by atoms with Gasteiger partial charge in [0, 0.05) is 19.7 Å². The van der Waals surface area contributed by atoms with Crippen LogP contribution < -0.4 is 10.6 Å². The van der Waals surface area contributed by atoms with Gasteiger partial charge >= 0.3 is 0 Å². The summed E-state index contributed by atoms with van der Waals surface area (Å²) in [5.41, 5.74) is 5.52. The standard InChI is InChI=1S/C11H20N4O/c1-4-9(2)15(7-8-16-3)11-6-5-10(12)13-14-11/h5-6,9H,4,7-8H2,1-3H3,(H2,12,13). The van der Waals surface area contributed by atoms with Gasteiger partial charge in [0.2, 0.25) is 0 Å². The van der Waals surface area contributed by atoms with Crippen molar-refractivity contribution in [2.75, 3.05) is 30.9 Å². The molecule has 1 rings (SSSR count). The van der Waals surface area contributed by atoms with Crippen molar-refractivity contribution < 1.29 is 4.74 Å². The minimum absolute atomic E-state index is 0.410. The molecule has 90 valence electrons. The summed E-state index contributed by atoms with van der Waals surface area (Å²) in [5, 5.41) is 7.97. The zero-order valence-corrected chi connectivity index (χ0v) is 10.2. The number of anilines is 2. The predicted octanol–water partition coefficient (Wildman–Crippen LogP) is 1.31. The molecule has 0 fully saturated rings. The molecule has 0 saturated carbocycles. The van der Waals surface area contributed by atoms with Gasteiger partial charge in [0.1, 0.15) is 5.82 Å². The van der Waals surface area contributed by atoms with E-state index in [9.17, 15) is 0 Å². The molecule has 2 N–H and O–H groups in total. The number of nitrogens with zero attached hydrogens (tertiary/aromatic N) is 3. The van der Waals surface area contributed by atoms with E-state index >= 15 is 0 Å². The van der Waals surface area contributed by atoms with Crippen molar-refractivity contribution in [1.29, 1.82) is 0 Å². The van der Waals surface area contributed by atoms with E-state index in [0.717, 1.165) is 18.8 Å². The second kappa shape index (κ2) is 6.27. The molecule has 1 aromatic rings. The second-order valence-electron chi connectivity index (χ2n) is 3.76. The molecule has 0 aliphatic carbocycles. The Labute approximate surface area is 96.6 Å². The Morgan fingerprint density at radius 1 is 1.44 bits per heavy atom. The SMILES string of the molecule is CCC(C)N(CCOC)c1ccc(N)nn1. The van der Waals surface area contributed by atoms with Crippen LogP contribution in [0.1, 0.15) is 20.3 Å². The predicted molar refractivity (Wildman–Crippen MR) is 65.4 cm³/mol. The smallest absolute Gasteiger partial charge is 0.151 e. The highest BCUT2D eigenvalue weighted by Crippen LogP contribution is 2.15. The first-order valence-corrected chi connectivity index (χ1v) is 5.53. The summed E-state index contributed by atoms with van der Waals surface area (Å²) in [7, 11) is 1.70. The Morgan fingerprint density at radius 3 is 2.69 bits per heavy atom. The summed E-state index contributed by atoms with van der Waals surface area (Å²) in [6, 6.07) is 4.07. The highest BCUT2D eigenvalue weighted by atomic mass is 16.5. The topological polar surface area (TPSA) is 64.3 Å². The fourth-order valence-electron chi connectivity index (χ4n) is 1.46. The van der Waals surface area contributed by atoms with E-state index in [-0.39, 0.29) is 0 Å². The third kappa shape index (κ3) is 3.34. The molecule has 0 amide bonds. The van der Waals surface area contributed by atoms with E-state index in [1.807, 2.05) is 6.07 Å². The first-order valence-electron chi connectivity index (χ1n) is 5.53. The Morgan fingerprint density at radius 2 is 2.19 bits per heavy atom. The molecule has 1 unspecified atom stereocenters. The van der Waals surface area contributed by atoms with Gasteiger partial charge in [-0.15, -0.1) is 10.2 Å². The minimum atomic E-state index is 0.410. The van der Waals surface area contributed by atoms with Crippen LogP contribution >= 0.6 is 0 Å². The third-order valence-corrected chi connectivity index (χ3v) is 2.62.